The zero-order chi connectivity index (χ0) is 19.7. The molecular formula is C24H23ClN2O. The zero-order valence-electron chi connectivity index (χ0n) is 16.1. The van der Waals surface area contributed by atoms with Crippen molar-refractivity contribution in [3.63, 3.8) is 0 Å². The number of halogens is 1. The Labute approximate surface area is 170 Å². The standard InChI is InChI=1S/C24H23ClN2O/c1-3-20-18-13-16(2)15-24(20,21-10-11-23(28)27-22(21)14-18)26-12-4-5-17-6-8-19(25)9-7-17/h3-13,18H,14-15H2,1-2H3,(H,27,28)/b5-4?,20-3+,26-12?/t18-,24+/m0/s1. The van der Waals surface area contributed by atoms with E-state index in [0.717, 1.165) is 34.7 Å². The Balaban J connectivity index is 1.76. The van der Waals surface area contributed by atoms with E-state index in [1.165, 1.54) is 11.1 Å². The van der Waals surface area contributed by atoms with Crippen molar-refractivity contribution >= 4 is 23.9 Å². The van der Waals surface area contributed by atoms with Crippen molar-refractivity contribution in [2.75, 3.05) is 0 Å². The highest BCUT2D eigenvalue weighted by molar-refractivity contribution is 6.30. The minimum Gasteiger partial charge on any atom is -0.326 e. The summed E-state index contributed by atoms with van der Waals surface area (Å²) >= 11 is 5.95. The number of aromatic amines is 1. The molecule has 0 fully saturated rings. The Bertz CT molecular complexity index is 1070. The molecule has 1 heterocycles. The lowest BCUT2D eigenvalue weighted by molar-refractivity contribution is 0.413. The second-order valence-corrected chi connectivity index (χ2v) is 7.94. The molecule has 28 heavy (non-hydrogen) atoms. The Morgan fingerprint density at radius 2 is 2.00 bits per heavy atom. The highest BCUT2D eigenvalue weighted by Crippen LogP contribution is 2.51. The van der Waals surface area contributed by atoms with Gasteiger partial charge in [-0.2, -0.15) is 0 Å². The average molecular weight is 391 g/mol. The molecule has 142 valence electrons. The fourth-order valence-electron chi connectivity index (χ4n) is 4.55. The van der Waals surface area contributed by atoms with E-state index >= 15 is 0 Å². The SMILES string of the molecule is C/C=C1\[C@H]2C=C(C)C[C@]1(N=CC=Cc1ccc(Cl)cc1)c1ccc(=O)[nH]c1C2. The van der Waals surface area contributed by atoms with Gasteiger partial charge in [-0.05, 0) is 55.7 Å². The molecule has 0 spiro atoms. The van der Waals surface area contributed by atoms with Crippen LogP contribution in [-0.2, 0) is 12.0 Å². The highest BCUT2D eigenvalue weighted by Gasteiger charge is 2.46. The molecule has 2 aliphatic rings. The number of nitrogens with zero attached hydrogens (tertiary/aromatic N) is 1. The molecule has 0 radical (unpaired) electrons. The number of fused-ring (bicyclic) bond motifs is 4. The molecule has 0 saturated carbocycles. The molecule has 0 aliphatic heterocycles. The lowest BCUT2D eigenvalue weighted by Crippen LogP contribution is -2.40. The zero-order valence-corrected chi connectivity index (χ0v) is 16.8. The number of aliphatic imine (C=N–C) groups is 1. The topological polar surface area (TPSA) is 45.2 Å². The number of rotatable bonds is 3. The molecule has 4 rings (SSSR count). The van der Waals surface area contributed by atoms with Crippen LogP contribution in [0.25, 0.3) is 6.08 Å². The quantitative estimate of drug-likeness (QED) is 0.547. The maximum Gasteiger partial charge on any atom is 0.248 e. The maximum atomic E-state index is 11.9. The van der Waals surface area contributed by atoms with Gasteiger partial charge in [-0.25, -0.2) is 0 Å². The second kappa shape index (κ2) is 7.40. The maximum absolute atomic E-state index is 11.9. The molecule has 2 atom stereocenters. The summed E-state index contributed by atoms with van der Waals surface area (Å²) < 4.78 is 0. The van der Waals surface area contributed by atoms with E-state index < -0.39 is 5.54 Å². The molecule has 2 aromatic rings. The van der Waals surface area contributed by atoms with Gasteiger partial charge in [-0.15, -0.1) is 0 Å². The van der Waals surface area contributed by atoms with Crippen LogP contribution in [0.5, 0.6) is 0 Å². The van der Waals surface area contributed by atoms with Gasteiger partial charge < -0.3 is 4.98 Å². The van der Waals surface area contributed by atoms with Crippen LogP contribution in [0.15, 0.2) is 75.6 Å². The summed E-state index contributed by atoms with van der Waals surface area (Å²) in [7, 11) is 0. The summed E-state index contributed by atoms with van der Waals surface area (Å²) in [5.41, 5.74) is 5.35. The van der Waals surface area contributed by atoms with Crippen LogP contribution in [0, 0.1) is 5.92 Å². The van der Waals surface area contributed by atoms with Gasteiger partial charge >= 0.3 is 0 Å². The molecule has 3 nitrogen and oxygen atoms in total. The van der Waals surface area contributed by atoms with E-state index in [4.69, 9.17) is 16.6 Å². The molecule has 4 heteroatoms. The van der Waals surface area contributed by atoms with Crippen LogP contribution in [0.3, 0.4) is 0 Å². The fraction of sp³-hybridized carbons (Fsp3) is 0.250. The molecule has 0 amide bonds. The average Bonchev–Trinajstić information content (AvgIpc) is 2.66. The lowest BCUT2D eigenvalue weighted by Gasteiger charge is -2.45. The van der Waals surface area contributed by atoms with Crippen LogP contribution < -0.4 is 5.56 Å². The summed E-state index contributed by atoms with van der Waals surface area (Å²) in [6, 6.07) is 11.3. The smallest absolute Gasteiger partial charge is 0.248 e. The van der Waals surface area contributed by atoms with Gasteiger partial charge in [0.15, 0.2) is 0 Å². The predicted molar refractivity (Wildman–Crippen MR) is 117 cm³/mol. The van der Waals surface area contributed by atoms with Crippen LogP contribution in [-0.4, -0.2) is 11.2 Å². The normalized spacial score (nSPS) is 25.3. The summed E-state index contributed by atoms with van der Waals surface area (Å²) in [4.78, 5) is 20.0. The molecule has 0 saturated heterocycles. The third-order valence-corrected chi connectivity index (χ3v) is 5.87. The Morgan fingerprint density at radius 1 is 1.21 bits per heavy atom. The van der Waals surface area contributed by atoms with Crippen LogP contribution >= 0.6 is 11.6 Å². The highest BCUT2D eigenvalue weighted by atomic mass is 35.5. The van der Waals surface area contributed by atoms with Gasteiger partial charge in [0, 0.05) is 40.9 Å². The number of H-pyrrole nitrogens is 1. The van der Waals surface area contributed by atoms with Crippen LogP contribution in [0.4, 0.5) is 0 Å². The van der Waals surface area contributed by atoms with E-state index in [-0.39, 0.29) is 11.5 Å². The molecular weight excluding hydrogens is 368 g/mol. The first-order valence-electron chi connectivity index (χ1n) is 9.56. The van der Waals surface area contributed by atoms with E-state index in [1.807, 2.05) is 48.7 Å². The predicted octanol–water partition coefficient (Wildman–Crippen LogP) is 5.48. The number of allylic oxidation sites excluding steroid dienone is 3. The summed E-state index contributed by atoms with van der Waals surface area (Å²) in [6.07, 6.45) is 12.0. The molecule has 2 aliphatic carbocycles. The van der Waals surface area contributed by atoms with Crippen molar-refractivity contribution in [2.24, 2.45) is 10.9 Å². The molecule has 0 unspecified atom stereocenters. The minimum absolute atomic E-state index is 0.0526. The van der Waals surface area contributed by atoms with Gasteiger partial charge in [0.25, 0.3) is 0 Å². The lowest BCUT2D eigenvalue weighted by atomic mass is 9.63. The van der Waals surface area contributed by atoms with Gasteiger partial charge in [0.05, 0.1) is 0 Å². The molecule has 2 bridgehead atoms. The number of hydrogen-bond acceptors (Lipinski definition) is 2. The number of hydrogen-bond donors (Lipinski definition) is 1. The third kappa shape index (κ3) is 3.31. The van der Waals surface area contributed by atoms with Gasteiger partial charge in [-0.1, -0.05) is 47.5 Å². The van der Waals surface area contributed by atoms with Crippen molar-refractivity contribution in [2.45, 2.75) is 32.2 Å². The molecule has 1 aromatic carbocycles. The first-order chi connectivity index (χ1) is 13.5. The first-order valence-corrected chi connectivity index (χ1v) is 9.94. The van der Waals surface area contributed by atoms with Crippen molar-refractivity contribution in [1.82, 2.24) is 4.98 Å². The Morgan fingerprint density at radius 3 is 2.75 bits per heavy atom. The van der Waals surface area contributed by atoms with Crippen molar-refractivity contribution < 1.29 is 0 Å². The second-order valence-electron chi connectivity index (χ2n) is 7.51. The number of nitrogens with one attached hydrogen (secondary N) is 1. The third-order valence-electron chi connectivity index (χ3n) is 5.62. The minimum atomic E-state index is -0.444. The molecule has 1 N–H and O–H groups in total. The number of pyridine rings is 1. The van der Waals surface area contributed by atoms with E-state index in [0.29, 0.717) is 0 Å². The van der Waals surface area contributed by atoms with Crippen molar-refractivity contribution in [1.29, 1.82) is 0 Å². The summed E-state index contributed by atoms with van der Waals surface area (Å²) in [5.74, 6) is 0.279. The Kier molecular flexibility index (Phi) is 4.94. The largest absolute Gasteiger partial charge is 0.326 e. The fourth-order valence-corrected chi connectivity index (χ4v) is 4.68. The van der Waals surface area contributed by atoms with Gasteiger partial charge in [0.1, 0.15) is 5.54 Å². The van der Waals surface area contributed by atoms with Crippen LogP contribution in [0.1, 0.15) is 37.1 Å². The summed E-state index contributed by atoms with van der Waals surface area (Å²) in [6.45, 7) is 4.26. The van der Waals surface area contributed by atoms with E-state index in [9.17, 15) is 4.79 Å². The van der Waals surface area contributed by atoms with Crippen molar-refractivity contribution in [3.8, 4) is 0 Å². The van der Waals surface area contributed by atoms with Crippen molar-refractivity contribution in [3.05, 3.63) is 98.0 Å². The number of benzene rings is 1. The van der Waals surface area contributed by atoms with Crippen LogP contribution in [0.2, 0.25) is 5.02 Å². The monoisotopic (exact) mass is 390 g/mol. The number of aromatic nitrogens is 1. The Hall–Kier alpha value is -2.65. The summed E-state index contributed by atoms with van der Waals surface area (Å²) in [5, 5.41) is 0.728. The first kappa shape index (κ1) is 18.7. The van der Waals surface area contributed by atoms with Gasteiger partial charge in [0.2, 0.25) is 5.56 Å². The van der Waals surface area contributed by atoms with Gasteiger partial charge in [-0.3, -0.25) is 9.79 Å². The van der Waals surface area contributed by atoms with E-state index in [1.54, 1.807) is 6.07 Å². The van der Waals surface area contributed by atoms with E-state index in [2.05, 4.69) is 31.0 Å². The molecule has 1 aromatic heterocycles.